The standard InChI is InChI=1S/C20H14Cl2O5/c21-18-13(24)8-15-17(19(18)22)16(10-3-1-2-4-11(10)20(25)26)12-6-5-9(23)7-14(12)27-15/h1-8,16,18-19,23-24H,(H,25,26). The number of phenols is 1. The molecular weight excluding hydrogens is 391 g/mol. The van der Waals surface area contributed by atoms with Crippen molar-refractivity contribution in [2.24, 2.45) is 0 Å². The van der Waals surface area contributed by atoms with Crippen LogP contribution in [0.3, 0.4) is 0 Å². The molecule has 138 valence electrons. The summed E-state index contributed by atoms with van der Waals surface area (Å²) in [7, 11) is 0. The molecule has 0 saturated carbocycles. The van der Waals surface area contributed by atoms with Crippen LogP contribution in [0, 0.1) is 0 Å². The number of hydrogen-bond donors (Lipinski definition) is 3. The molecule has 1 aliphatic carbocycles. The number of phenolic OH excluding ortho intramolecular Hbond substituents is 1. The van der Waals surface area contributed by atoms with Crippen molar-refractivity contribution in [3.05, 3.63) is 82.3 Å². The summed E-state index contributed by atoms with van der Waals surface area (Å²) in [6.45, 7) is 0. The molecule has 1 aliphatic heterocycles. The maximum Gasteiger partial charge on any atom is 0.335 e. The van der Waals surface area contributed by atoms with Crippen LogP contribution in [-0.2, 0) is 0 Å². The lowest BCUT2D eigenvalue weighted by Gasteiger charge is -2.36. The first kappa shape index (κ1) is 17.8. The van der Waals surface area contributed by atoms with Gasteiger partial charge in [0, 0.05) is 29.2 Å². The van der Waals surface area contributed by atoms with Gasteiger partial charge in [-0.1, -0.05) is 24.3 Å². The Hall–Kier alpha value is -2.63. The predicted molar refractivity (Wildman–Crippen MR) is 101 cm³/mol. The number of alkyl halides is 2. The van der Waals surface area contributed by atoms with Crippen LogP contribution in [0.4, 0.5) is 0 Å². The van der Waals surface area contributed by atoms with Crippen molar-refractivity contribution in [1.82, 2.24) is 0 Å². The molecule has 0 spiro atoms. The quantitative estimate of drug-likeness (QED) is 0.639. The summed E-state index contributed by atoms with van der Waals surface area (Å²) in [5, 5.41) is 27.9. The third kappa shape index (κ3) is 2.83. The zero-order chi connectivity index (χ0) is 19.3. The highest BCUT2D eigenvalue weighted by Crippen LogP contribution is 2.50. The van der Waals surface area contributed by atoms with Gasteiger partial charge in [-0.05, 0) is 17.7 Å². The summed E-state index contributed by atoms with van der Waals surface area (Å²) in [4.78, 5) is 11.8. The molecule has 2 aliphatic rings. The van der Waals surface area contributed by atoms with Crippen LogP contribution >= 0.6 is 23.2 Å². The second-order valence-electron chi connectivity index (χ2n) is 6.34. The highest BCUT2D eigenvalue weighted by molar-refractivity contribution is 6.32. The first-order valence-corrected chi connectivity index (χ1v) is 9.01. The Bertz CT molecular complexity index is 1010. The van der Waals surface area contributed by atoms with Crippen molar-refractivity contribution >= 4 is 29.2 Å². The van der Waals surface area contributed by atoms with Crippen molar-refractivity contribution in [2.45, 2.75) is 16.7 Å². The van der Waals surface area contributed by atoms with Gasteiger partial charge in [-0.3, -0.25) is 0 Å². The monoisotopic (exact) mass is 404 g/mol. The molecule has 0 fully saturated rings. The van der Waals surface area contributed by atoms with Crippen LogP contribution in [0.25, 0.3) is 0 Å². The zero-order valence-electron chi connectivity index (χ0n) is 13.8. The highest BCUT2D eigenvalue weighted by Gasteiger charge is 2.42. The number of rotatable bonds is 2. The van der Waals surface area contributed by atoms with E-state index in [9.17, 15) is 20.1 Å². The number of aliphatic hydroxyl groups is 1. The van der Waals surface area contributed by atoms with E-state index in [-0.39, 0.29) is 17.1 Å². The van der Waals surface area contributed by atoms with E-state index in [0.717, 1.165) is 0 Å². The van der Waals surface area contributed by atoms with Crippen LogP contribution in [0.5, 0.6) is 11.5 Å². The lowest BCUT2D eigenvalue weighted by molar-refractivity contribution is 0.0695. The van der Waals surface area contributed by atoms with E-state index in [4.69, 9.17) is 27.9 Å². The zero-order valence-corrected chi connectivity index (χ0v) is 15.3. The van der Waals surface area contributed by atoms with Gasteiger partial charge >= 0.3 is 5.97 Å². The number of ether oxygens (including phenoxy) is 1. The van der Waals surface area contributed by atoms with Crippen molar-refractivity contribution in [3.8, 4) is 11.5 Å². The highest BCUT2D eigenvalue weighted by atomic mass is 35.5. The molecule has 0 aromatic heterocycles. The van der Waals surface area contributed by atoms with E-state index in [1.165, 1.54) is 24.3 Å². The molecule has 27 heavy (non-hydrogen) atoms. The van der Waals surface area contributed by atoms with E-state index in [1.54, 1.807) is 24.3 Å². The summed E-state index contributed by atoms with van der Waals surface area (Å²) in [5.41, 5.74) is 1.88. The fourth-order valence-electron chi connectivity index (χ4n) is 3.55. The van der Waals surface area contributed by atoms with Gasteiger partial charge in [-0.15, -0.1) is 23.2 Å². The van der Waals surface area contributed by atoms with E-state index in [2.05, 4.69) is 0 Å². The Morgan fingerprint density at radius 2 is 1.74 bits per heavy atom. The number of carbonyl (C=O) groups is 1. The van der Waals surface area contributed by atoms with Crippen molar-refractivity contribution in [3.63, 3.8) is 0 Å². The van der Waals surface area contributed by atoms with E-state index in [0.29, 0.717) is 28.2 Å². The molecular formula is C20H14Cl2O5. The first-order valence-electron chi connectivity index (χ1n) is 8.14. The maximum atomic E-state index is 11.8. The third-order valence-electron chi connectivity index (χ3n) is 4.74. The number of carboxylic acid groups (broad SMARTS) is 1. The first-order chi connectivity index (χ1) is 12.9. The number of halogens is 2. The summed E-state index contributed by atoms with van der Waals surface area (Å²) >= 11 is 12.8. The molecule has 0 radical (unpaired) electrons. The summed E-state index contributed by atoms with van der Waals surface area (Å²) in [6.07, 6.45) is 1.38. The number of aliphatic hydroxyl groups excluding tert-OH is 1. The summed E-state index contributed by atoms with van der Waals surface area (Å²) in [5.74, 6) is -1.09. The van der Waals surface area contributed by atoms with Gasteiger partial charge in [0.15, 0.2) is 0 Å². The van der Waals surface area contributed by atoms with Gasteiger partial charge in [-0.25, -0.2) is 4.79 Å². The molecule has 2 aromatic carbocycles. The van der Waals surface area contributed by atoms with Gasteiger partial charge in [0.1, 0.15) is 28.4 Å². The topological polar surface area (TPSA) is 87.0 Å². The number of aromatic carboxylic acids is 1. The lowest BCUT2D eigenvalue weighted by Crippen LogP contribution is -2.32. The summed E-state index contributed by atoms with van der Waals surface area (Å²) < 4.78 is 5.85. The Balaban J connectivity index is 2.01. The molecule has 3 unspecified atom stereocenters. The van der Waals surface area contributed by atoms with Crippen molar-refractivity contribution < 1.29 is 24.9 Å². The number of fused-ring (bicyclic) bond motifs is 1. The van der Waals surface area contributed by atoms with Gasteiger partial charge in [0.2, 0.25) is 0 Å². The molecule has 2 aromatic rings. The third-order valence-corrected chi connectivity index (χ3v) is 5.83. The second-order valence-corrected chi connectivity index (χ2v) is 7.28. The Morgan fingerprint density at radius 3 is 2.48 bits per heavy atom. The second kappa shape index (κ2) is 6.51. The number of carboxylic acids is 1. The minimum Gasteiger partial charge on any atom is -0.511 e. The average Bonchev–Trinajstić information content (AvgIpc) is 2.64. The number of hydrogen-bond acceptors (Lipinski definition) is 4. The van der Waals surface area contributed by atoms with Crippen LogP contribution < -0.4 is 4.74 Å². The van der Waals surface area contributed by atoms with Crippen LogP contribution in [0.1, 0.15) is 27.4 Å². The summed E-state index contributed by atoms with van der Waals surface area (Å²) in [6, 6.07) is 11.2. The van der Waals surface area contributed by atoms with Crippen LogP contribution in [0.2, 0.25) is 0 Å². The maximum absolute atomic E-state index is 11.8. The molecule has 3 N–H and O–H groups in total. The van der Waals surface area contributed by atoms with E-state index >= 15 is 0 Å². The molecule has 1 heterocycles. The molecule has 0 saturated heterocycles. The normalized spacial score (nSPS) is 23.8. The number of aromatic hydroxyl groups is 1. The molecule has 5 nitrogen and oxygen atoms in total. The van der Waals surface area contributed by atoms with E-state index in [1.807, 2.05) is 0 Å². The Morgan fingerprint density at radius 1 is 1.00 bits per heavy atom. The predicted octanol–water partition coefficient (Wildman–Crippen LogP) is 4.54. The fourth-order valence-corrected chi connectivity index (χ4v) is 4.11. The van der Waals surface area contributed by atoms with Gasteiger partial charge in [0.05, 0.1) is 10.9 Å². The molecule has 0 amide bonds. The number of benzene rings is 2. The minimum absolute atomic E-state index is 0.00437. The Labute approximate surface area is 164 Å². The van der Waals surface area contributed by atoms with Crippen molar-refractivity contribution in [1.29, 1.82) is 0 Å². The van der Waals surface area contributed by atoms with Gasteiger partial charge < -0.3 is 20.1 Å². The van der Waals surface area contributed by atoms with E-state index < -0.39 is 22.6 Å². The van der Waals surface area contributed by atoms with Crippen LogP contribution in [-0.4, -0.2) is 32.0 Å². The lowest BCUT2D eigenvalue weighted by atomic mass is 9.77. The van der Waals surface area contributed by atoms with Gasteiger partial charge in [-0.2, -0.15) is 0 Å². The Kier molecular flexibility index (Phi) is 4.29. The molecule has 7 heteroatoms. The molecule has 0 bridgehead atoms. The number of allylic oxidation sites excluding steroid dienone is 3. The smallest absolute Gasteiger partial charge is 0.335 e. The van der Waals surface area contributed by atoms with Crippen LogP contribution in [0.15, 0.2) is 65.6 Å². The average molecular weight is 405 g/mol. The van der Waals surface area contributed by atoms with Gasteiger partial charge in [0.25, 0.3) is 0 Å². The largest absolute Gasteiger partial charge is 0.511 e. The van der Waals surface area contributed by atoms with Crippen molar-refractivity contribution in [2.75, 3.05) is 0 Å². The fraction of sp³-hybridized carbons (Fsp3) is 0.150. The molecule has 4 rings (SSSR count). The molecule has 3 atom stereocenters. The SMILES string of the molecule is O=C(O)c1ccccc1C1C2=C(C=C(O)C(Cl)C2Cl)Oc2cc(O)ccc21. The minimum atomic E-state index is -1.07.